The van der Waals surface area contributed by atoms with Crippen LogP contribution in [0.5, 0.6) is 0 Å². The van der Waals surface area contributed by atoms with Gasteiger partial charge in [-0.2, -0.15) is 0 Å². The lowest BCUT2D eigenvalue weighted by Gasteiger charge is -2.45. The van der Waals surface area contributed by atoms with E-state index in [0.717, 1.165) is 0 Å². The predicted molar refractivity (Wildman–Crippen MR) is 188 cm³/mol. The topological polar surface area (TPSA) is 4.93 Å². The summed E-state index contributed by atoms with van der Waals surface area (Å²) in [7, 11) is 0. The zero-order valence-electron chi connectivity index (χ0n) is 24.4. The van der Waals surface area contributed by atoms with Crippen molar-refractivity contribution < 1.29 is 0 Å². The molecule has 3 heterocycles. The van der Waals surface area contributed by atoms with Crippen LogP contribution in [0.1, 0.15) is 22.3 Å². The van der Waals surface area contributed by atoms with Crippen molar-refractivity contribution in [1.82, 2.24) is 4.57 Å². The molecule has 45 heavy (non-hydrogen) atoms. The fourth-order valence-corrected chi connectivity index (χ4v) is 9.16. The van der Waals surface area contributed by atoms with E-state index < -0.39 is 5.41 Å². The van der Waals surface area contributed by atoms with Crippen molar-refractivity contribution >= 4 is 33.6 Å². The monoisotopic (exact) mass is 589 g/mol. The standard InChI is InChI=1S/C43H27NS/c1-2-11-28(12-3-1)29-21-23-30(24-22-29)31-25-26-41-37(27-31)43(35-16-6-9-20-40(35)45-41)34-15-5-8-19-39(34)44-38-18-7-4-13-32(38)33-14-10-17-36(43)42(33)44/h1-27H. The summed E-state index contributed by atoms with van der Waals surface area (Å²) in [5.74, 6) is 0. The quantitative estimate of drug-likeness (QED) is 0.194. The van der Waals surface area contributed by atoms with Crippen LogP contribution >= 0.6 is 11.8 Å². The Morgan fingerprint density at radius 2 is 1.00 bits per heavy atom. The van der Waals surface area contributed by atoms with Gasteiger partial charge in [0, 0.05) is 20.6 Å². The molecule has 0 amide bonds. The van der Waals surface area contributed by atoms with Crippen LogP contribution in [-0.2, 0) is 5.41 Å². The number of nitrogens with zero attached hydrogens (tertiary/aromatic N) is 1. The summed E-state index contributed by atoms with van der Waals surface area (Å²) >= 11 is 1.90. The van der Waals surface area contributed by atoms with Crippen molar-refractivity contribution in [2.24, 2.45) is 0 Å². The molecule has 0 N–H and O–H groups in total. The summed E-state index contributed by atoms with van der Waals surface area (Å²) in [4.78, 5) is 2.64. The van der Waals surface area contributed by atoms with E-state index in [1.807, 2.05) is 11.8 Å². The molecule has 1 unspecified atom stereocenters. The summed E-state index contributed by atoms with van der Waals surface area (Å²) in [6.45, 7) is 0. The van der Waals surface area contributed by atoms with Crippen LogP contribution in [0.4, 0.5) is 0 Å². The van der Waals surface area contributed by atoms with Crippen molar-refractivity contribution in [2.45, 2.75) is 15.2 Å². The van der Waals surface area contributed by atoms with E-state index >= 15 is 0 Å². The lowest BCUT2D eigenvalue weighted by molar-refractivity contribution is 0.690. The van der Waals surface area contributed by atoms with E-state index in [1.165, 1.54) is 81.8 Å². The maximum atomic E-state index is 2.51. The molecule has 0 radical (unpaired) electrons. The van der Waals surface area contributed by atoms with Gasteiger partial charge in [0.05, 0.1) is 22.1 Å². The van der Waals surface area contributed by atoms with E-state index in [0.29, 0.717) is 0 Å². The highest BCUT2D eigenvalue weighted by Crippen LogP contribution is 2.60. The van der Waals surface area contributed by atoms with Crippen LogP contribution in [0, 0.1) is 0 Å². The summed E-state index contributed by atoms with van der Waals surface area (Å²) < 4.78 is 2.51. The van der Waals surface area contributed by atoms with Crippen LogP contribution in [0.25, 0.3) is 49.7 Å². The number of benzene rings is 7. The third kappa shape index (κ3) is 3.35. The number of hydrogen-bond donors (Lipinski definition) is 0. The molecule has 1 atom stereocenters. The molecule has 7 aromatic carbocycles. The molecule has 0 aliphatic carbocycles. The average molecular weight is 590 g/mol. The van der Waals surface area contributed by atoms with E-state index in [4.69, 9.17) is 0 Å². The molecule has 1 aromatic heterocycles. The first kappa shape index (κ1) is 25.1. The largest absolute Gasteiger partial charge is 0.309 e. The van der Waals surface area contributed by atoms with Crippen LogP contribution < -0.4 is 0 Å². The number of fused-ring (bicyclic) bond motifs is 11. The second-order valence-electron chi connectivity index (χ2n) is 12.1. The Bertz CT molecular complexity index is 2450. The number of hydrogen-bond acceptors (Lipinski definition) is 1. The molecule has 10 rings (SSSR count). The minimum absolute atomic E-state index is 0.461. The normalized spacial score (nSPS) is 16.0. The third-order valence-electron chi connectivity index (χ3n) is 9.87. The SMILES string of the molecule is c1ccc(-c2ccc(-c3ccc4c(c3)C3(c5ccccc5S4)c4ccccc4-n4c5ccccc5c5cccc3c54)cc2)cc1. The zero-order chi connectivity index (χ0) is 29.5. The summed E-state index contributed by atoms with van der Waals surface area (Å²) in [6.07, 6.45) is 0. The Kier molecular flexibility index (Phi) is 5.20. The summed E-state index contributed by atoms with van der Waals surface area (Å²) in [5.41, 5.74) is 13.7. The lowest BCUT2D eigenvalue weighted by atomic mass is 9.62. The third-order valence-corrected chi connectivity index (χ3v) is 11.0. The van der Waals surface area contributed by atoms with E-state index in [-0.39, 0.29) is 0 Å². The molecular formula is C43H27NS. The Labute approximate surface area is 266 Å². The molecule has 1 nitrogen and oxygen atoms in total. The highest BCUT2D eigenvalue weighted by atomic mass is 32.2. The maximum Gasteiger partial charge on any atom is 0.0764 e. The van der Waals surface area contributed by atoms with Gasteiger partial charge in [0.2, 0.25) is 0 Å². The number of aromatic nitrogens is 1. The molecule has 210 valence electrons. The van der Waals surface area contributed by atoms with Gasteiger partial charge in [0.15, 0.2) is 0 Å². The van der Waals surface area contributed by atoms with Crippen molar-refractivity contribution in [2.75, 3.05) is 0 Å². The summed E-state index contributed by atoms with van der Waals surface area (Å²) in [5, 5.41) is 2.61. The minimum Gasteiger partial charge on any atom is -0.309 e. The van der Waals surface area contributed by atoms with Crippen molar-refractivity contribution in [1.29, 1.82) is 0 Å². The van der Waals surface area contributed by atoms with Gasteiger partial charge in [-0.25, -0.2) is 0 Å². The van der Waals surface area contributed by atoms with Crippen LogP contribution in [-0.4, -0.2) is 4.57 Å². The van der Waals surface area contributed by atoms with Gasteiger partial charge in [-0.3, -0.25) is 0 Å². The second kappa shape index (κ2) is 9.34. The van der Waals surface area contributed by atoms with E-state index in [2.05, 4.69) is 168 Å². The lowest BCUT2D eigenvalue weighted by Crippen LogP contribution is -2.37. The number of para-hydroxylation sites is 3. The van der Waals surface area contributed by atoms with Crippen LogP contribution in [0.3, 0.4) is 0 Å². The van der Waals surface area contributed by atoms with Crippen LogP contribution in [0.15, 0.2) is 174 Å². The fourth-order valence-electron chi connectivity index (χ4n) is 7.99. The van der Waals surface area contributed by atoms with Crippen molar-refractivity contribution in [3.05, 3.63) is 186 Å². The molecule has 0 saturated heterocycles. The molecule has 1 spiro atoms. The van der Waals surface area contributed by atoms with Crippen molar-refractivity contribution in [3.63, 3.8) is 0 Å². The average Bonchev–Trinajstić information content (AvgIpc) is 3.46. The Morgan fingerprint density at radius 1 is 0.400 bits per heavy atom. The van der Waals surface area contributed by atoms with E-state index in [9.17, 15) is 0 Å². The predicted octanol–water partition coefficient (Wildman–Crippen LogP) is 11.3. The molecule has 0 fully saturated rings. The smallest absolute Gasteiger partial charge is 0.0764 e. The highest BCUT2D eigenvalue weighted by molar-refractivity contribution is 7.99. The van der Waals surface area contributed by atoms with E-state index in [1.54, 1.807) is 0 Å². The maximum absolute atomic E-state index is 2.51. The first-order chi connectivity index (χ1) is 22.3. The zero-order valence-corrected chi connectivity index (χ0v) is 25.3. The van der Waals surface area contributed by atoms with Gasteiger partial charge in [-0.05, 0) is 74.8 Å². The summed E-state index contributed by atoms with van der Waals surface area (Å²) in [6, 6.07) is 60.7. The van der Waals surface area contributed by atoms with Gasteiger partial charge in [0.25, 0.3) is 0 Å². The molecule has 8 aromatic rings. The Hall–Kier alpha value is -5.31. The Balaban J connectivity index is 1.30. The van der Waals surface area contributed by atoms with Gasteiger partial charge in [-0.1, -0.05) is 145 Å². The Morgan fingerprint density at radius 3 is 1.87 bits per heavy atom. The first-order valence-electron chi connectivity index (χ1n) is 15.5. The fraction of sp³-hybridized carbons (Fsp3) is 0.0233. The minimum atomic E-state index is -0.461. The van der Waals surface area contributed by atoms with Gasteiger partial charge in [0.1, 0.15) is 0 Å². The first-order valence-corrected chi connectivity index (χ1v) is 16.3. The van der Waals surface area contributed by atoms with Gasteiger partial charge >= 0.3 is 0 Å². The van der Waals surface area contributed by atoms with Crippen molar-refractivity contribution in [3.8, 4) is 27.9 Å². The number of rotatable bonds is 2. The second-order valence-corrected chi connectivity index (χ2v) is 13.2. The molecular weight excluding hydrogens is 563 g/mol. The highest BCUT2D eigenvalue weighted by Gasteiger charge is 2.49. The van der Waals surface area contributed by atoms with Gasteiger partial charge in [-0.15, -0.1) is 0 Å². The molecule has 2 aliphatic heterocycles. The molecule has 2 heteroatoms. The molecule has 0 bridgehead atoms. The van der Waals surface area contributed by atoms with Gasteiger partial charge < -0.3 is 4.57 Å². The van der Waals surface area contributed by atoms with Crippen LogP contribution in [0.2, 0.25) is 0 Å². The molecule has 0 saturated carbocycles. The molecule has 2 aliphatic rings.